The van der Waals surface area contributed by atoms with Crippen molar-refractivity contribution >= 4 is 21.6 Å². The zero-order valence-corrected chi connectivity index (χ0v) is 16.6. The second-order valence-electron chi connectivity index (χ2n) is 6.48. The molecule has 0 saturated carbocycles. The third kappa shape index (κ3) is 4.23. The van der Waals surface area contributed by atoms with E-state index in [4.69, 9.17) is 0 Å². The summed E-state index contributed by atoms with van der Waals surface area (Å²) in [4.78, 5) is 14.4. The first kappa shape index (κ1) is 19.6. The van der Waals surface area contributed by atoms with Crippen molar-refractivity contribution in [2.75, 3.05) is 18.4 Å². The van der Waals surface area contributed by atoms with Crippen molar-refractivity contribution in [3.8, 4) is 0 Å². The molecule has 0 heterocycles. The lowest BCUT2D eigenvalue weighted by atomic mass is 10.1. The smallest absolute Gasteiger partial charge is 0.264 e. The van der Waals surface area contributed by atoms with Crippen LogP contribution in [-0.4, -0.2) is 33.3 Å². The Hall–Kier alpha value is -3.12. The van der Waals surface area contributed by atoms with Crippen LogP contribution in [0.15, 0.2) is 89.8 Å². The van der Waals surface area contributed by atoms with Crippen LogP contribution >= 0.6 is 0 Å². The van der Waals surface area contributed by atoms with Crippen LogP contribution in [0.1, 0.15) is 15.9 Å². The summed E-state index contributed by atoms with van der Waals surface area (Å²) in [6, 6.07) is 24.6. The van der Waals surface area contributed by atoms with Crippen molar-refractivity contribution in [1.82, 2.24) is 4.90 Å². The average molecular weight is 394 g/mol. The molecule has 3 aromatic carbocycles. The Labute approximate surface area is 165 Å². The number of rotatable bonds is 6. The summed E-state index contributed by atoms with van der Waals surface area (Å²) in [7, 11) is -0.568. The molecule has 0 aliphatic rings. The van der Waals surface area contributed by atoms with Crippen molar-refractivity contribution in [2.24, 2.45) is 0 Å². The second-order valence-corrected chi connectivity index (χ2v) is 8.45. The van der Waals surface area contributed by atoms with Gasteiger partial charge in [-0.2, -0.15) is 0 Å². The van der Waals surface area contributed by atoms with Gasteiger partial charge in [-0.1, -0.05) is 54.6 Å². The third-order valence-electron chi connectivity index (χ3n) is 4.47. The summed E-state index contributed by atoms with van der Waals surface area (Å²) < 4.78 is 27.2. The first-order valence-corrected chi connectivity index (χ1v) is 10.3. The fourth-order valence-electron chi connectivity index (χ4n) is 2.87. The van der Waals surface area contributed by atoms with Crippen LogP contribution in [0.3, 0.4) is 0 Å². The lowest BCUT2D eigenvalue weighted by Gasteiger charge is -2.21. The molecule has 0 bridgehead atoms. The fraction of sp³-hybridized carbons (Fsp3) is 0.136. The van der Waals surface area contributed by atoms with Gasteiger partial charge in [-0.05, 0) is 35.9 Å². The molecule has 0 atom stereocenters. The number of sulfonamides is 1. The Morgan fingerprint density at radius 3 is 2.07 bits per heavy atom. The van der Waals surface area contributed by atoms with E-state index in [0.717, 1.165) is 5.56 Å². The Kier molecular flexibility index (Phi) is 5.80. The van der Waals surface area contributed by atoms with E-state index in [1.165, 1.54) is 23.5 Å². The molecular formula is C22H22N2O3S. The molecule has 0 saturated heterocycles. The van der Waals surface area contributed by atoms with E-state index < -0.39 is 10.0 Å². The monoisotopic (exact) mass is 394 g/mol. The molecule has 0 aromatic heterocycles. The van der Waals surface area contributed by atoms with Crippen LogP contribution in [-0.2, 0) is 16.6 Å². The molecular weight excluding hydrogens is 372 g/mol. The standard InChI is InChI=1S/C22H22N2O3S/c1-23(17-18-10-5-3-6-11-18)22(25)19-12-9-15-21(16-19)28(26,27)24(2)20-13-7-4-8-14-20/h3-16H,17H2,1-2H3. The number of hydrogen-bond acceptors (Lipinski definition) is 3. The molecule has 0 spiro atoms. The Morgan fingerprint density at radius 2 is 1.43 bits per heavy atom. The maximum absolute atomic E-state index is 13.0. The van der Waals surface area contributed by atoms with E-state index in [2.05, 4.69) is 0 Å². The molecule has 3 aromatic rings. The van der Waals surface area contributed by atoms with Gasteiger partial charge in [0.25, 0.3) is 15.9 Å². The van der Waals surface area contributed by atoms with E-state index in [1.54, 1.807) is 48.3 Å². The lowest BCUT2D eigenvalue weighted by Crippen LogP contribution is -2.28. The zero-order valence-electron chi connectivity index (χ0n) is 15.8. The Bertz CT molecular complexity index is 1050. The lowest BCUT2D eigenvalue weighted by molar-refractivity contribution is 0.0785. The quantitative estimate of drug-likeness (QED) is 0.639. The Balaban J connectivity index is 1.84. The van der Waals surface area contributed by atoms with Gasteiger partial charge in [0.05, 0.1) is 10.6 Å². The van der Waals surface area contributed by atoms with Crippen LogP contribution in [0.5, 0.6) is 0 Å². The van der Waals surface area contributed by atoms with Gasteiger partial charge in [0, 0.05) is 26.2 Å². The first-order valence-electron chi connectivity index (χ1n) is 8.83. The number of amides is 1. The van der Waals surface area contributed by atoms with Gasteiger partial charge in [-0.25, -0.2) is 8.42 Å². The van der Waals surface area contributed by atoms with Gasteiger partial charge >= 0.3 is 0 Å². The molecule has 6 heteroatoms. The largest absolute Gasteiger partial charge is 0.337 e. The summed E-state index contributed by atoms with van der Waals surface area (Å²) in [5.41, 5.74) is 1.90. The number of hydrogen-bond donors (Lipinski definition) is 0. The highest BCUT2D eigenvalue weighted by molar-refractivity contribution is 7.92. The van der Waals surface area contributed by atoms with Gasteiger partial charge in [0.15, 0.2) is 0 Å². The minimum absolute atomic E-state index is 0.0813. The fourth-order valence-corrected chi connectivity index (χ4v) is 4.12. The normalized spacial score (nSPS) is 11.1. The number of carbonyl (C=O) groups excluding carboxylic acids is 1. The maximum Gasteiger partial charge on any atom is 0.264 e. The topological polar surface area (TPSA) is 57.7 Å². The molecule has 0 radical (unpaired) electrons. The highest BCUT2D eigenvalue weighted by Gasteiger charge is 2.23. The number of anilines is 1. The van der Waals surface area contributed by atoms with E-state index in [-0.39, 0.29) is 10.8 Å². The summed E-state index contributed by atoms with van der Waals surface area (Å²) in [6.07, 6.45) is 0. The minimum atomic E-state index is -3.77. The SMILES string of the molecule is CN(Cc1ccccc1)C(=O)c1cccc(S(=O)(=O)N(C)c2ccccc2)c1. The van der Waals surface area contributed by atoms with E-state index >= 15 is 0 Å². The maximum atomic E-state index is 13.0. The predicted octanol–water partition coefficient (Wildman–Crippen LogP) is 3.78. The van der Waals surface area contributed by atoms with Gasteiger partial charge in [-0.15, -0.1) is 0 Å². The highest BCUT2D eigenvalue weighted by Crippen LogP contribution is 2.22. The third-order valence-corrected chi connectivity index (χ3v) is 6.25. The molecule has 0 fully saturated rings. The van der Waals surface area contributed by atoms with Crippen molar-refractivity contribution < 1.29 is 13.2 Å². The molecule has 0 aliphatic heterocycles. The minimum Gasteiger partial charge on any atom is -0.337 e. The second kappa shape index (κ2) is 8.27. The number of benzene rings is 3. The summed E-state index contributed by atoms with van der Waals surface area (Å²) >= 11 is 0. The van der Waals surface area contributed by atoms with Crippen LogP contribution in [0.2, 0.25) is 0 Å². The predicted molar refractivity (Wildman–Crippen MR) is 111 cm³/mol. The van der Waals surface area contributed by atoms with Gasteiger partial charge in [-0.3, -0.25) is 9.10 Å². The number of carbonyl (C=O) groups is 1. The molecule has 144 valence electrons. The molecule has 0 unspecified atom stereocenters. The first-order chi connectivity index (χ1) is 13.4. The van der Waals surface area contributed by atoms with Gasteiger partial charge in [0.2, 0.25) is 0 Å². The zero-order chi connectivity index (χ0) is 20.1. The van der Waals surface area contributed by atoms with Crippen LogP contribution in [0, 0.1) is 0 Å². The molecule has 3 rings (SSSR count). The van der Waals surface area contributed by atoms with Crippen molar-refractivity contribution in [3.63, 3.8) is 0 Å². The summed E-state index contributed by atoms with van der Waals surface area (Å²) in [5, 5.41) is 0. The highest BCUT2D eigenvalue weighted by atomic mass is 32.2. The van der Waals surface area contributed by atoms with Crippen molar-refractivity contribution in [2.45, 2.75) is 11.4 Å². The molecule has 0 N–H and O–H groups in total. The van der Waals surface area contributed by atoms with Crippen molar-refractivity contribution in [3.05, 3.63) is 96.1 Å². The van der Waals surface area contributed by atoms with E-state index in [1.807, 2.05) is 36.4 Å². The number of nitrogens with zero attached hydrogens (tertiary/aromatic N) is 2. The van der Waals surface area contributed by atoms with Crippen LogP contribution in [0.25, 0.3) is 0 Å². The number of para-hydroxylation sites is 1. The molecule has 28 heavy (non-hydrogen) atoms. The van der Waals surface area contributed by atoms with Gasteiger partial charge < -0.3 is 4.90 Å². The van der Waals surface area contributed by atoms with Crippen molar-refractivity contribution in [1.29, 1.82) is 0 Å². The van der Waals surface area contributed by atoms with Crippen LogP contribution in [0.4, 0.5) is 5.69 Å². The van der Waals surface area contributed by atoms with Crippen LogP contribution < -0.4 is 4.31 Å². The summed E-state index contributed by atoms with van der Waals surface area (Å²) in [6.45, 7) is 0.445. The van der Waals surface area contributed by atoms with E-state index in [9.17, 15) is 13.2 Å². The van der Waals surface area contributed by atoms with Gasteiger partial charge in [0.1, 0.15) is 0 Å². The average Bonchev–Trinajstić information content (AvgIpc) is 2.74. The molecule has 1 amide bonds. The summed E-state index contributed by atoms with van der Waals surface area (Å²) in [5.74, 6) is -0.233. The van der Waals surface area contributed by atoms with E-state index in [0.29, 0.717) is 17.8 Å². The molecule has 0 aliphatic carbocycles. The Morgan fingerprint density at radius 1 is 0.821 bits per heavy atom. The molecule has 5 nitrogen and oxygen atoms in total.